The monoisotopic (exact) mass is 205 g/mol. The SMILES string of the molecule is CC[C@@H](O)[C@H]1c2ccccc2C(=O)N1C. The second kappa shape index (κ2) is 3.66. The van der Waals surface area contributed by atoms with Crippen LogP contribution in [-0.4, -0.2) is 29.1 Å². The molecule has 0 bridgehead atoms. The summed E-state index contributed by atoms with van der Waals surface area (Å²) in [6.07, 6.45) is 0.166. The molecule has 15 heavy (non-hydrogen) atoms. The number of hydrogen-bond acceptors (Lipinski definition) is 2. The zero-order chi connectivity index (χ0) is 11.0. The van der Waals surface area contributed by atoms with E-state index in [1.54, 1.807) is 11.9 Å². The summed E-state index contributed by atoms with van der Waals surface area (Å²) in [6.45, 7) is 1.92. The third-order valence-electron chi connectivity index (χ3n) is 3.03. The van der Waals surface area contributed by atoms with Crippen LogP contribution in [0.25, 0.3) is 0 Å². The van der Waals surface area contributed by atoms with Crippen LogP contribution in [0.1, 0.15) is 35.3 Å². The maximum absolute atomic E-state index is 11.8. The summed E-state index contributed by atoms with van der Waals surface area (Å²) in [5, 5.41) is 9.90. The van der Waals surface area contributed by atoms with Crippen LogP contribution in [-0.2, 0) is 0 Å². The van der Waals surface area contributed by atoms with E-state index in [1.165, 1.54) is 0 Å². The first-order valence-electron chi connectivity index (χ1n) is 5.21. The van der Waals surface area contributed by atoms with E-state index in [0.29, 0.717) is 6.42 Å². The zero-order valence-electron chi connectivity index (χ0n) is 8.97. The Morgan fingerprint density at radius 2 is 2.13 bits per heavy atom. The first-order chi connectivity index (χ1) is 7.16. The van der Waals surface area contributed by atoms with Crippen LogP contribution >= 0.6 is 0 Å². The molecule has 1 aliphatic rings. The summed E-state index contributed by atoms with van der Waals surface area (Å²) >= 11 is 0. The number of nitrogens with zero attached hydrogens (tertiary/aromatic N) is 1. The number of fused-ring (bicyclic) bond motifs is 1. The van der Waals surface area contributed by atoms with Gasteiger partial charge in [0.1, 0.15) is 0 Å². The van der Waals surface area contributed by atoms with Crippen molar-refractivity contribution in [2.45, 2.75) is 25.5 Å². The van der Waals surface area contributed by atoms with Crippen molar-refractivity contribution in [1.29, 1.82) is 0 Å². The van der Waals surface area contributed by atoms with Gasteiger partial charge in [0.05, 0.1) is 12.1 Å². The number of aliphatic hydroxyl groups is 1. The average molecular weight is 205 g/mol. The Morgan fingerprint density at radius 3 is 2.80 bits per heavy atom. The third-order valence-corrected chi connectivity index (χ3v) is 3.03. The van der Waals surface area contributed by atoms with Crippen molar-refractivity contribution < 1.29 is 9.90 Å². The number of likely N-dealkylation sites (N-methyl/N-ethyl adjacent to an activating group) is 1. The lowest BCUT2D eigenvalue weighted by atomic mass is 9.99. The number of aliphatic hydroxyl groups excluding tert-OH is 1. The Kier molecular flexibility index (Phi) is 2.49. The van der Waals surface area contributed by atoms with Crippen molar-refractivity contribution >= 4 is 5.91 Å². The standard InChI is InChI=1S/C12H15NO2/c1-3-10(14)11-8-6-4-5-7-9(8)12(15)13(11)2/h4-7,10-11,14H,3H2,1-2H3/t10-,11-/m1/s1. The molecular weight excluding hydrogens is 190 g/mol. The van der Waals surface area contributed by atoms with Gasteiger partial charge in [0, 0.05) is 12.6 Å². The molecule has 1 aromatic rings. The molecule has 2 atom stereocenters. The summed E-state index contributed by atoms with van der Waals surface area (Å²) in [7, 11) is 1.74. The molecule has 3 nitrogen and oxygen atoms in total. The Bertz CT molecular complexity index is 389. The summed E-state index contributed by atoms with van der Waals surface area (Å²) in [5.41, 5.74) is 1.66. The highest BCUT2D eigenvalue weighted by Gasteiger charge is 2.37. The van der Waals surface area contributed by atoms with Crippen molar-refractivity contribution in [2.24, 2.45) is 0 Å². The topological polar surface area (TPSA) is 40.5 Å². The minimum absolute atomic E-state index is 0.00287. The Morgan fingerprint density at radius 1 is 1.47 bits per heavy atom. The maximum atomic E-state index is 11.8. The summed E-state index contributed by atoms with van der Waals surface area (Å²) in [6, 6.07) is 7.31. The molecule has 0 radical (unpaired) electrons. The smallest absolute Gasteiger partial charge is 0.254 e. The molecule has 0 aliphatic carbocycles. The Labute approximate surface area is 89.3 Å². The molecule has 0 unspecified atom stereocenters. The maximum Gasteiger partial charge on any atom is 0.254 e. The second-order valence-electron chi connectivity index (χ2n) is 3.92. The lowest BCUT2D eigenvalue weighted by molar-refractivity contribution is 0.0505. The van der Waals surface area contributed by atoms with Crippen LogP contribution in [0.15, 0.2) is 24.3 Å². The van der Waals surface area contributed by atoms with Crippen molar-refractivity contribution in [3.63, 3.8) is 0 Å². The number of carbonyl (C=O) groups excluding carboxylic acids is 1. The first kappa shape index (κ1) is 10.2. The predicted molar refractivity (Wildman–Crippen MR) is 57.6 cm³/mol. The van der Waals surface area contributed by atoms with Gasteiger partial charge in [0.2, 0.25) is 0 Å². The molecule has 0 aromatic heterocycles. The lowest BCUT2D eigenvalue weighted by Gasteiger charge is -2.25. The van der Waals surface area contributed by atoms with Crippen LogP contribution in [0.5, 0.6) is 0 Å². The molecule has 1 aliphatic heterocycles. The highest BCUT2D eigenvalue weighted by atomic mass is 16.3. The summed E-state index contributed by atoms with van der Waals surface area (Å²) in [5.74, 6) is 0.00287. The molecule has 0 saturated carbocycles. The van der Waals surface area contributed by atoms with Crippen molar-refractivity contribution in [2.75, 3.05) is 7.05 Å². The van der Waals surface area contributed by atoms with E-state index in [9.17, 15) is 9.90 Å². The summed E-state index contributed by atoms with van der Waals surface area (Å²) < 4.78 is 0. The zero-order valence-corrected chi connectivity index (χ0v) is 8.97. The van der Waals surface area contributed by atoms with Crippen molar-refractivity contribution in [3.8, 4) is 0 Å². The van der Waals surface area contributed by atoms with Gasteiger partial charge >= 0.3 is 0 Å². The van der Waals surface area contributed by atoms with Gasteiger partial charge < -0.3 is 10.0 Å². The van der Waals surface area contributed by atoms with E-state index in [0.717, 1.165) is 11.1 Å². The van der Waals surface area contributed by atoms with Gasteiger partial charge in [-0.2, -0.15) is 0 Å². The van der Waals surface area contributed by atoms with Crippen LogP contribution in [0.3, 0.4) is 0 Å². The first-order valence-corrected chi connectivity index (χ1v) is 5.21. The second-order valence-corrected chi connectivity index (χ2v) is 3.92. The van der Waals surface area contributed by atoms with Gasteiger partial charge in [-0.05, 0) is 18.1 Å². The van der Waals surface area contributed by atoms with Gasteiger partial charge in [-0.25, -0.2) is 0 Å². The molecule has 1 heterocycles. The number of rotatable bonds is 2. The molecule has 1 N–H and O–H groups in total. The van der Waals surface area contributed by atoms with E-state index in [1.807, 2.05) is 31.2 Å². The van der Waals surface area contributed by atoms with Crippen molar-refractivity contribution in [3.05, 3.63) is 35.4 Å². The number of amides is 1. The van der Waals surface area contributed by atoms with Crippen LogP contribution in [0.2, 0.25) is 0 Å². The molecule has 0 spiro atoms. The van der Waals surface area contributed by atoms with Gasteiger partial charge in [-0.1, -0.05) is 25.1 Å². The van der Waals surface area contributed by atoms with Crippen LogP contribution < -0.4 is 0 Å². The normalized spacial score (nSPS) is 21.7. The van der Waals surface area contributed by atoms with E-state index < -0.39 is 6.10 Å². The van der Waals surface area contributed by atoms with Gasteiger partial charge in [0.15, 0.2) is 0 Å². The minimum Gasteiger partial charge on any atom is -0.391 e. The third kappa shape index (κ3) is 1.43. The molecule has 0 saturated heterocycles. The molecule has 80 valence electrons. The van der Waals surface area contributed by atoms with Crippen LogP contribution in [0.4, 0.5) is 0 Å². The van der Waals surface area contributed by atoms with Gasteiger partial charge in [-0.15, -0.1) is 0 Å². The van der Waals surface area contributed by atoms with Crippen molar-refractivity contribution in [1.82, 2.24) is 4.90 Å². The fourth-order valence-corrected chi connectivity index (χ4v) is 2.16. The Balaban J connectivity index is 2.46. The van der Waals surface area contributed by atoms with E-state index in [-0.39, 0.29) is 11.9 Å². The molecule has 1 aromatic carbocycles. The molecule has 3 heteroatoms. The quantitative estimate of drug-likeness (QED) is 0.796. The fraction of sp³-hybridized carbons (Fsp3) is 0.417. The van der Waals surface area contributed by atoms with E-state index >= 15 is 0 Å². The predicted octanol–water partition coefficient (Wildman–Crippen LogP) is 1.58. The highest BCUT2D eigenvalue weighted by Crippen LogP contribution is 2.35. The number of hydrogen-bond donors (Lipinski definition) is 1. The minimum atomic E-state index is -0.484. The van der Waals surface area contributed by atoms with E-state index in [4.69, 9.17) is 0 Å². The number of carbonyl (C=O) groups is 1. The van der Waals surface area contributed by atoms with Gasteiger partial charge in [-0.3, -0.25) is 4.79 Å². The van der Waals surface area contributed by atoms with Gasteiger partial charge in [0.25, 0.3) is 5.91 Å². The highest BCUT2D eigenvalue weighted by molar-refractivity contribution is 5.99. The van der Waals surface area contributed by atoms with Crippen LogP contribution in [0, 0.1) is 0 Å². The molecule has 1 amide bonds. The molecular formula is C12H15NO2. The molecule has 2 rings (SSSR count). The fourth-order valence-electron chi connectivity index (χ4n) is 2.16. The Hall–Kier alpha value is -1.35. The number of benzene rings is 1. The van der Waals surface area contributed by atoms with E-state index in [2.05, 4.69) is 0 Å². The average Bonchev–Trinajstić information content (AvgIpc) is 2.52. The molecule has 0 fully saturated rings. The lowest BCUT2D eigenvalue weighted by Crippen LogP contribution is -2.31. The largest absolute Gasteiger partial charge is 0.391 e. The summed E-state index contributed by atoms with van der Waals surface area (Å²) in [4.78, 5) is 13.5.